The minimum absolute atomic E-state index is 0.000978. The summed E-state index contributed by atoms with van der Waals surface area (Å²) in [5.41, 5.74) is 1.61. The highest BCUT2D eigenvalue weighted by Crippen LogP contribution is 2.27. The van der Waals surface area contributed by atoms with E-state index < -0.39 is 0 Å². The van der Waals surface area contributed by atoms with E-state index in [0.717, 1.165) is 24.1 Å². The van der Waals surface area contributed by atoms with Gasteiger partial charge >= 0.3 is 0 Å². The maximum absolute atomic E-state index is 12.3. The number of anilines is 1. The van der Waals surface area contributed by atoms with Gasteiger partial charge in [-0.25, -0.2) is 0 Å². The molecule has 0 aromatic heterocycles. The van der Waals surface area contributed by atoms with Crippen molar-refractivity contribution in [2.24, 2.45) is 5.41 Å². The molecule has 5 heteroatoms. The van der Waals surface area contributed by atoms with Crippen LogP contribution in [0, 0.1) is 5.41 Å². The molecule has 2 N–H and O–H groups in total. The van der Waals surface area contributed by atoms with Crippen molar-refractivity contribution in [3.05, 3.63) is 29.8 Å². The minimum Gasteiger partial charge on any atom is -0.395 e. The Kier molecular flexibility index (Phi) is 5.99. The Bertz CT molecular complexity index is 571. The molecule has 0 heterocycles. The fourth-order valence-electron chi connectivity index (χ4n) is 2.67. The number of benzene rings is 1. The van der Waals surface area contributed by atoms with Crippen LogP contribution < -0.4 is 5.32 Å². The molecule has 0 radical (unpaired) electrons. The Morgan fingerprint density at radius 1 is 1.21 bits per heavy atom. The van der Waals surface area contributed by atoms with Crippen molar-refractivity contribution in [3.63, 3.8) is 0 Å². The maximum Gasteiger partial charge on any atom is 0.227 e. The van der Waals surface area contributed by atoms with Gasteiger partial charge in [-0.3, -0.25) is 9.59 Å². The molecule has 0 spiro atoms. The first-order valence-electron chi connectivity index (χ1n) is 8.57. The van der Waals surface area contributed by atoms with Gasteiger partial charge in [-0.1, -0.05) is 32.9 Å². The zero-order valence-electron chi connectivity index (χ0n) is 14.8. The molecule has 2 rings (SSSR count). The first-order chi connectivity index (χ1) is 11.3. The number of hydrogen-bond donors (Lipinski definition) is 2. The third kappa shape index (κ3) is 5.96. The van der Waals surface area contributed by atoms with E-state index in [-0.39, 0.29) is 23.8 Å². The van der Waals surface area contributed by atoms with E-state index in [0.29, 0.717) is 25.4 Å². The Labute approximate surface area is 144 Å². The van der Waals surface area contributed by atoms with E-state index in [1.807, 2.05) is 45.0 Å². The molecule has 1 aliphatic carbocycles. The van der Waals surface area contributed by atoms with Crippen LogP contribution in [0.4, 0.5) is 5.69 Å². The summed E-state index contributed by atoms with van der Waals surface area (Å²) in [6, 6.07) is 7.71. The van der Waals surface area contributed by atoms with Crippen molar-refractivity contribution in [1.29, 1.82) is 0 Å². The lowest BCUT2D eigenvalue weighted by molar-refractivity contribution is -0.131. The van der Waals surface area contributed by atoms with E-state index in [9.17, 15) is 9.59 Å². The van der Waals surface area contributed by atoms with Crippen molar-refractivity contribution in [2.45, 2.75) is 52.5 Å². The number of rotatable bonds is 7. The van der Waals surface area contributed by atoms with Gasteiger partial charge in [0.15, 0.2) is 0 Å². The SMILES string of the molecule is CC(C)(C)CC(=O)Nc1ccc(CC(=O)N(CCO)C2CC2)cc1. The van der Waals surface area contributed by atoms with Gasteiger partial charge in [0.05, 0.1) is 13.0 Å². The molecule has 0 bridgehead atoms. The lowest BCUT2D eigenvalue weighted by atomic mass is 9.92. The van der Waals surface area contributed by atoms with E-state index in [4.69, 9.17) is 5.11 Å². The number of aliphatic hydroxyl groups excluding tert-OH is 1. The average molecular weight is 332 g/mol. The molecule has 1 aromatic carbocycles. The van der Waals surface area contributed by atoms with Crippen molar-refractivity contribution >= 4 is 17.5 Å². The predicted octanol–water partition coefficient (Wildman–Crippen LogP) is 2.59. The van der Waals surface area contributed by atoms with Gasteiger partial charge in [0.25, 0.3) is 0 Å². The van der Waals surface area contributed by atoms with Crippen molar-refractivity contribution in [3.8, 4) is 0 Å². The highest BCUT2D eigenvalue weighted by Gasteiger charge is 2.31. The van der Waals surface area contributed by atoms with Crippen LogP contribution >= 0.6 is 0 Å². The molecule has 0 aliphatic heterocycles. The number of hydrogen-bond acceptors (Lipinski definition) is 3. The highest BCUT2D eigenvalue weighted by molar-refractivity contribution is 5.91. The zero-order valence-corrected chi connectivity index (χ0v) is 14.8. The first kappa shape index (κ1) is 18.5. The molecular weight excluding hydrogens is 304 g/mol. The van der Waals surface area contributed by atoms with Crippen LogP contribution in [0.5, 0.6) is 0 Å². The van der Waals surface area contributed by atoms with Gasteiger partial charge < -0.3 is 15.3 Å². The second-order valence-electron chi connectivity index (χ2n) is 7.70. The molecule has 2 amide bonds. The van der Waals surface area contributed by atoms with Gasteiger partial charge in [0.2, 0.25) is 11.8 Å². The molecule has 5 nitrogen and oxygen atoms in total. The number of amides is 2. The molecule has 1 saturated carbocycles. The van der Waals surface area contributed by atoms with E-state index in [1.54, 1.807) is 4.90 Å². The maximum atomic E-state index is 12.3. The monoisotopic (exact) mass is 332 g/mol. The number of nitrogens with zero attached hydrogens (tertiary/aromatic N) is 1. The van der Waals surface area contributed by atoms with Crippen LogP contribution in [0.1, 0.15) is 45.6 Å². The summed E-state index contributed by atoms with van der Waals surface area (Å²) in [7, 11) is 0. The molecule has 1 fully saturated rings. The Morgan fingerprint density at radius 2 is 1.83 bits per heavy atom. The summed E-state index contributed by atoms with van der Waals surface area (Å²) in [5.74, 6) is 0.0465. The second-order valence-corrected chi connectivity index (χ2v) is 7.70. The summed E-state index contributed by atoms with van der Waals surface area (Å²) >= 11 is 0. The molecule has 1 aliphatic rings. The van der Waals surface area contributed by atoms with Gasteiger partial charge in [-0.2, -0.15) is 0 Å². The molecule has 132 valence electrons. The quantitative estimate of drug-likeness (QED) is 0.806. The van der Waals surface area contributed by atoms with Crippen LogP contribution in [0.2, 0.25) is 0 Å². The number of carbonyl (C=O) groups excluding carboxylic acids is 2. The van der Waals surface area contributed by atoms with Crippen LogP contribution in [-0.4, -0.2) is 41.0 Å². The fraction of sp³-hybridized carbons (Fsp3) is 0.579. The van der Waals surface area contributed by atoms with Crippen molar-refractivity contribution < 1.29 is 14.7 Å². The molecular formula is C19H28N2O3. The predicted molar refractivity (Wildman–Crippen MR) is 94.7 cm³/mol. The van der Waals surface area contributed by atoms with Crippen LogP contribution in [0.25, 0.3) is 0 Å². The number of nitrogens with one attached hydrogen (secondary N) is 1. The van der Waals surface area contributed by atoms with Gasteiger partial charge in [-0.15, -0.1) is 0 Å². The Balaban J connectivity index is 1.89. The molecule has 1 aromatic rings. The lowest BCUT2D eigenvalue weighted by Gasteiger charge is -2.21. The van der Waals surface area contributed by atoms with Crippen LogP contribution in [0.15, 0.2) is 24.3 Å². The third-order valence-electron chi connectivity index (χ3n) is 3.93. The standard InChI is InChI=1S/C19H28N2O3/c1-19(2,3)13-17(23)20-15-6-4-14(5-7-15)12-18(24)21(10-11-22)16-8-9-16/h4-7,16,22H,8-13H2,1-3H3,(H,20,23). The zero-order chi connectivity index (χ0) is 17.7. The fourth-order valence-corrected chi connectivity index (χ4v) is 2.67. The topological polar surface area (TPSA) is 69.6 Å². The minimum atomic E-state index is -0.0462. The lowest BCUT2D eigenvalue weighted by Crippen LogP contribution is -2.36. The van der Waals surface area contributed by atoms with E-state index in [2.05, 4.69) is 5.32 Å². The van der Waals surface area contributed by atoms with Crippen LogP contribution in [-0.2, 0) is 16.0 Å². The average Bonchev–Trinajstić information content (AvgIpc) is 3.29. The first-order valence-corrected chi connectivity index (χ1v) is 8.57. The Morgan fingerprint density at radius 3 is 2.33 bits per heavy atom. The summed E-state index contributed by atoms with van der Waals surface area (Å²) in [6.45, 7) is 6.49. The van der Waals surface area contributed by atoms with Crippen molar-refractivity contribution in [1.82, 2.24) is 4.90 Å². The summed E-state index contributed by atoms with van der Waals surface area (Å²) < 4.78 is 0. The largest absolute Gasteiger partial charge is 0.395 e. The summed E-state index contributed by atoms with van der Waals surface area (Å²) in [5, 5.41) is 12.0. The summed E-state index contributed by atoms with van der Waals surface area (Å²) in [6.07, 6.45) is 2.85. The smallest absolute Gasteiger partial charge is 0.227 e. The summed E-state index contributed by atoms with van der Waals surface area (Å²) in [4.78, 5) is 26.1. The van der Waals surface area contributed by atoms with Crippen LogP contribution in [0.3, 0.4) is 0 Å². The van der Waals surface area contributed by atoms with Gasteiger partial charge in [-0.05, 0) is 36.0 Å². The van der Waals surface area contributed by atoms with E-state index in [1.165, 1.54) is 0 Å². The highest BCUT2D eigenvalue weighted by atomic mass is 16.3. The normalized spacial score (nSPS) is 14.3. The van der Waals surface area contributed by atoms with E-state index >= 15 is 0 Å². The van der Waals surface area contributed by atoms with Gasteiger partial charge in [0.1, 0.15) is 0 Å². The molecule has 0 unspecified atom stereocenters. The number of aliphatic hydroxyl groups is 1. The van der Waals surface area contributed by atoms with Gasteiger partial charge in [0, 0.05) is 24.7 Å². The third-order valence-corrected chi connectivity index (χ3v) is 3.93. The molecule has 0 atom stereocenters. The Hall–Kier alpha value is -1.88. The molecule has 0 saturated heterocycles. The number of carbonyl (C=O) groups is 2. The second kappa shape index (κ2) is 7.79. The van der Waals surface area contributed by atoms with Crippen molar-refractivity contribution in [2.75, 3.05) is 18.5 Å². The molecule has 24 heavy (non-hydrogen) atoms.